The summed E-state index contributed by atoms with van der Waals surface area (Å²) in [5.41, 5.74) is 1.11. The van der Waals surface area contributed by atoms with Gasteiger partial charge in [-0.1, -0.05) is 18.2 Å². The van der Waals surface area contributed by atoms with Gasteiger partial charge in [0.25, 0.3) is 0 Å². The summed E-state index contributed by atoms with van der Waals surface area (Å²) in [4.78, 5) is 12.0. The van der Waals surface area contributed by atoms with Gasteiger partial charge in [-0.25, -0.2) is 0 Å². The zero-order valence-corrected chi connectivity index (χ0v) is 13.5. The first-order valence-corrected chi connectivity index (χ1v) is 8.59. The van der Waals surface area contributed by atoms with Crippen molar-refractivity contribution in [3.63, 3.8) is 0 Å². The number of thioether (sulfide) groups is 1. The van der Waals surface area contributed by atoms with Crippen molar-refractivity contribution in [3.8, 4) is 5.75 Å². The van der Waals surface area contributed by atoms with Crippen LogP contribution in [0.5, 0.6) is 5.75 Å². The summed E-state index contributed by atoms with van der Waals surface area (Å²) in [7, 11) is 0. The van der Waals surface area contributed by atoms with E-state index in [9.17, 15) is 4.79 Å². The van der Waals surface area contributed by atoms with Crippen LogP contribution in [-0.4, -0.2) is 42.6 Å². The minimum absolute atomic E-state index is 0.00773. The molecule has 1 amide bonds. The lowest BCUT2D eigenvalue weighted by molar-refractivity contribution is -0.122. The fourth-order valence-corrected chi connectivity index (χ4v) is 3.23. The lowest BCUT2D eigenvalue weighted by Crippen LogP contribution is -2.44. The van der Waals surface area contributed by atoms with E-state index in [2.05, 4.69) is 10.6 Å². The highest BCUT2D eigenvalue weighted by atomic mass is 32.2. The second-order valence-electron chi connectivity index (χ2n) is 5.48. The van der Waals surface area contributed by atoms with E-state index in [-0.39, 0.29) is 11.9 Å². The van der Waals surface area contributed by atoms with Gasteiger partial charge in [-0.15, -0.1) is 0 Å². The molecule has 1 aromatic rings. The second-order valence-corrected chi connectivity index (χ2v) is 6.62. The number of carbonyl (C=O) groups is 1. The number of aryl methyl sites for hydroxylation is 1. The summed E-state index contributed by atoms with van der Waals surface area (Å²) < 4.78 is 5.75. The summed E-state index contributed by atoms with van der Waals surface area (Å²) in [5.74, 6) is 3.13. The highest BCUT2D eigenvalue weighted by Gasteiger charge is 2.17. The number of hydrogen-bond acceptors (Lipinski definition) is 4. The maximum Gasteiger partial charge on any atom is 0.221 e. The largest absolute Gasteiger partial charge is 0.491 e. The zero-order valence-electron chi connectivity index (χ0n) is 12.7. The SMILES string of the molecule is Cc1ccccc1OC[C@H](C)NC(=O)C[C@@H]1CSCCN1. The summed E-state index contributed by atoms with van der Waals surface area (Å²) in [6.07, 6.45) is 0.543. The molecule has 0 radical (unpaired) electrons. The molecule has 1 heterocycles. The maximum atomic E-state index is 12.0. The normalized spacial score (nSPS) is 19.8. The predicted molar refractivity (Wildman–Crippen MR) is 88.0 cm³/mol. The van der Waals surface area contributed by atoms with E-state index in [1.54, 1.807) is 0 Å². The summed E-state index contributed by atoms with van der Waals surface area (Å²) in [6.45, 7) is 5.47. The third-order valence-electron chi connectivity index (χ3n) is 3.42. The lowest BCUT2D eigenvalue weighted by atomic mass is 10.2. The van der Waals surface area contributed by atoms with E-state index < -0.39 is 0 Å². The molecule has 0 bridgehead atoms. The first kappa shape index (κ1) is 16.2. The average molecular weight is 308 g/mol. The number of benzene rings is 1. The molecule has 1 aliphatic rings. The molecule has 0 aliphatic carbocycles. The minimum atomic E-state index is 0.00773. The van der Waals surface area contributed by atoms with Gasteiger partial charge >= 0.3 is 0 Å². The lowest BCUT2D eigenvalue weighted by Gasteiger charge is -2.23. The van der Waals surface area contributed by atoms with Crippen molar-refractivity contribution in [1.82, 2.24) is 10.6 Å². The molecule has 0 unspecified atom stereocenters. The highest BCUT2D eigenvalue weighted by molar-refractivity contribution is 7.99. The van der Waals surface area contributed by atoms with Gasteiger partial charge in [0.15, 0.2) is 0 Å². The van der Waals surface area contributed by atoms with E-state index in [4.69, 9.17) is 4.74 Å². The molecule has 1 saturated heterocycles. The van der Waals surface area contributed by atoms with Gasteiger partial charge < -0.3 is 15.4 Å². The zero-order chi connectivity index (χ0) is 15.1. The number of hydrogen-bond donors (Lipinski definition) is 2. The average Bonchev–Trinajstić information content (AvgIpc) is 2.47. The molecule has 1 aromatic carbocycles. The summed E-state index contributed by atoms with van der Waals surface area (Å²) in [6, 6.07) is 8.22. The standard InChI is InChI=1S/C16H24N2O2S/c1-12-5-3-4-6-15(12)20-10-13(2)18-16(19)9-14-11-21-8-7-17-14/h3-6,13-14,17H,7-11H2,1-2H3,(H,18,19)/t13-,14+/m0/s1. The molecule has 1 fully saturated rings. The number of ether oxygens (including phenoxy) is 1. The monoisotopic (exact) mass is 308 g/mol. The Bertz CT molecular complexity index is 461. The van der Waals surface area contributed by atoms with E-state index in [1.165, 1.54) is 0 Å². The van der Waals surface area contributed by atoms with Gasteiger partial charge in [-0.2, -0.15) is 11.8 Å². The smallest absolute Gasteiger partial charge is 0.221 e. The first-order valence-electron chi connectivity index (χ1n) is 7.44. The van der Waals surface area contributed by atoms with Crippen LogP contribution in [-0.2, 0) is 4.79 Å². The van der Waals surface area contributed by atoms with Gasteiger partial charge in [0.1, 0.15) is 12.4 Å². The molecule has 2 atom stereocenters. The maximum absolute atomic E-state index is 12.0. The Morgan fingerprint density at radius 3 is 3.05 bits per heavy atom. The van der Waals surface area contributed by atoms with Crippen molar-refractivity contribution < 1.29 is 9.53 Å². The number of nitrogens with one attached hydrogen (secondary N) is 2. The second kappa shape index (κ2) is 8.29. The van der Waals surface area contributed by atoms with Crippen molar-refractivity contribution >= 4 is 17.7 Å². The van der Waals surface area contributed by atoms with Crippen molar-refractivity contribution in [1.29, 1.82) is 0 Å². The number of rotatable bonds is 6. The highest BCUT2D eigenvalue weighted by Crippen LogP contribution is 2.16. The quantitative estimate of drug-likeness (QED) is 0.844. The van der Waals surface area contributed by atoms with Crippen LogP contribution in [0, 0.1) is 6.92 Å². The molecule has 0 spiro atoms. The fourth-order valence-electron chi connectivity index (χ4n) is 2.28. The van der Waals surface area contributed by atoms with Crippen molar-refractivity contribution in [2.75, 3.05) is 24.7 Å². The molecule has 21 heavy (non-hydrogen) atoms. The molecule has 0 aromatic heterocycles. The molecular formula is C16H24N2O2S. The number of para-hydroxylation sites is 1. The summed E-state index contributed by atoms with van der Waals surface area (Å²) >= 11 is 1.91. The van der Waals surface area contributed by atoms with Crippen LogP contribution in [0.4, 0.5) is 0 Å². The van der Waals surface area contributed by atoms with Gasteiger partial charge in [-0.05, 0) is 25.5 Å². The van der Waals surface area contributed by atoms with Crippen LogP contribution in [0.25, 0.3) is 0 Å². The molecular weight excluding hydrogens is 284 g/mol. The first-order chi connectivity index (χ1) is 10.1. The van der Waals surface area contributed by atoms with E-state index in [0.29, 0.717) is 19.1 Å². The van der Waals surface area contributed by atoms with Gasteiger partial charge in [0, 0.05) is 30.5 Å². The molecule has 1 aliphatic heterocycles. The molecule has 2 rings (SSSR count). The Morgan fingerprint density at radius 1 is 1.52 bits per heavy atom. The van der Waals surface area contributed by atoms with Crippen molar-refractivity contribution in [2.45, 2.75) is 32.4 Å². The Hall–Kier alpha value is -1.20. The fraction of sp³-hybridized carbons (Fsp3) is 0.562. The number of carbonyl (C=O) groups excluding carboxylic acids is 1. The van der Waals surface area contributed by atoms with Crippen LogP contribution in [0.1, 0.15) is 18.9 Å². The van der Waals surface area contributed by atoms with Crippen LogP contribution in [0.15, 0.2) is 24.3 Å². The predicted octanol–water partition coefficient (Wildman–Crippen LogP) is 1.97. The van der Waals surface area contributed by atoms with Crippen LogP contribution in [0.2, 0.25) is 0 Å². The number of amides is 1. The molecule has 5 heteroatoms. The van der Waals surface area contributed by atoms with Crippen molar-refractivity contribution in [2.24, 2.45) is 0 Å². The van der Waals surface area contributed by atoms with Crippen molar-refractivity contribution in [3.05, 3.63) is 29.8 Å². The molecule has 2 N–H and O–H groups in total. The van der Waals surface area contributed by atoms with Crippen LogP contribution in [0.3, 0.4) is 0 Å². The van der Waals surface area contributed by atoms with Crippen LogP contribution >= 0.6 is 11.8 Å². The Kier molecular flexibility index (Phi) is 6.39. The Labute approximate surface area is 131 Å². The molecule has 0 saturated carbocycles. The van der Waals surface area contributed by atoms with Gasteiger partial charge in [0.2, 0.25) is 5.91 Å². The minimum Gasteiger partial charge on any atom is -0.491 e. The topological polar surface area (TPSA) is 50.4 Å². The third-order valence-corrected chi connectivity index (χ3v) is 4.55. The summed E-state index contributed by atoms with van der Waals surface area (Å²) in [5, 5.41) is 6.38. The third kappa shape index (κ3) is 5.59. The molecule has 4 nitrogen and oxygen atoms in total. The van der Waals surface area contributed by atoms with E-state index in [0.717, 1.165) is 29.4 Å². The van der Waals surface area contributed by atoms with Gasteiger partial charge in [-0.3, -0.25) is 4.79 Å². The van der Waals surface area contributed by atoms with E-state index >= 15 is 0 Å². The Balaban J connectivity index is 1.70. The van der Waals surface area contributed by atoms with Gasteiger partial charge in [0.05, 0.1) is 6.04 Å². The van der Waals surface area contributed by atoms with E-state index in [1.807, 2.05) is 49.9 Å². The molecule has 116 valence electrons. The Morgan fingerprint density at radius 2 is 2.33 bits per heavy atom. The van der Waals surface area contributed by atoms with Crippen LogP contribution < -0.4 is 15.4 Å².